The van der Waals surface area contributed by atoms with Gasteiger partial charge in [0.05, 0.1) is 33.5 Å². The van der Waals surface area contributed by atoms with Gasteiger partial charge in [-0.2, -0.15) is 0 Å². The molecule has 2 amide bonds. The van der Waals surface area contributed by atoms with Gasteiger partial charge in [-0.05, 0) is 17.7 Å². The predicted molar refractivity (Wildman–Crippen MR) is 134 cm³/mol. The van der Waals surface area contributed by atoms with Crippen molar-refractivity contribution in [3.8, 4) is 0 Å². The molecule has 3 aliphatic heterocycles. The van der Waals surface area contributed by atoms with Crippen LogP contribution in [-0.2, 0) is 9.59 Å². The first-order valence-electron chi connectivity index (χ1n) is 11.3. The van der Waals surface area contributed by atoms with Gasteiger partial charge < -0.3 is 4.90 Å². The summed E-state index contributed by atoms with van der Waals surface area (Å²) >= 11 is 6.31. The lowest BCUT2D eigenvalue weighted by molar-refractivity contribution is -0.384. The molecule has 0 N–H and O–H groups in total. The van der Waals surface area contributed by atoms with Crippen molar-refractivity contribution in [2.75, 3.05) is 9.80 Å². The highest BCUT2D eigenvalue weighted by molar-refractivity contribution is 6.36. The predicted octanol–water partition coefficient (Wildman–Crippen LogP) is 4.52. The molecule has 36 heavy (non-hydrogen) atoms. The number of imide groups is 1. The number of para-hydroxylation sites is 1. The van der Waals surface area contributed by atoms with Crippen LogP contribution < -0.4 is 9.80 Å². The molecule has 3 heterocycles. The van der Waals surface area contributed by atoms with E-state index in [0.29, 0.717) is 5.56 Å². The Morgan fingerprint density at radius 1 is 0.889 bits per heavy atom. The van der Waals surface area contributed by atoms with Gasteiger partial charge in [0.25, 0.3) is 5.69 Å². The third-order valence-electron chi connectivity index (χ3n) is 7.12. The molecule has 9 heteroatoms. The maximum atomic E-state index is 13.9. The summed E-state index contributed by atoms with van der Waals surface area (Å²) in [6, 6.07) is 18.3. The van der Waals surface area contributed by atoms with E-state index in [1.54, 1.807) is 30.3 Å². The lowest BCUT2D eigenvalue weighted by Crippen LogP contribution is -2.48. The highest BCUT2D eigenvalue weighted by atomic mass is 35.5. The number of amides is 2. The van der Waals surface area contributed by atoms with Crippen LogP contribution in [0, 0.1) is 22.0 Å². The number of halogens is 1. The molecular weight excluding hydrogens is 482 g/mol. The van der Waals surface area contributed by atoms with Gasteiger partial charge in [-0.1, -0.05) is 72.3 Å². The van der Waals surface area contributed by atoms with Crippen LogP contribution in [0.3, 0.4) is 0 Å². The number of Topliss-reactive ketones (excluding diaryl/α,β-unsaturated/α-hetero) is 1. The molecular formula is C27H18ClN3O5. The van der Waals surface area contributed by atoms with Crippen LogP contribution >= 0.6 is 11.6 Å². The van der Waals surface area contributed by atoms with Crippen molar-refractivity contribution in [1.29, 1.82) is 0 Å². The molecule has 0 spiro atoms. The molecule has 6 rings (SSSR count). The summed E-state index contributed by atoms with van der Waals surface area (Å²) in [7, 11) is 0. The van der Waals surface area contributed by atoms with Gasteiger partial charge >= 0.3 is 0 Å². The minimum absolute atomic E-state index is 0.0367. The minimum Gasteiger partial charge on any atom is -0.352 e. The van der Waals surface area contributed by atoms with Crippen LogP contribution in [-0.4, -0.2) is 34.6 Å². The Labute approximate surface area is 210 Å². The topological polar surface area (TPSA) is 101 Å². The average Bonchev–Trinajstić information content (AvgIpc) is 3.37. The number of benzene rings is 3. The number of carbonyl (C=O) groups excluding carboxylic acids is 3. The van der Waals surface area contributed by atoms with Crippen LogP contribution in [0.15, 0.2) is 78.9 Å². The first-order valence-corrected chi connectivity index (χ1v) is 11.7. The van der Waals surface area contributed by atoms with Crippen molar-refractivity contribution < 1.29 is 19.3 Å². The monoisotopic (exact) mass is 499 g/mol. The smallest absolute Gasteiger partial charge is 0.271 e. The third kappa shape index (κ3) is 3.11. The number of nitro groups is 1. The van der Waals surface area contributed by atoms with Crippen LogP contribution in [0.1, 0.15) is 15.9 Å². The zero-order chi connectivity index (χ0) is 25.1. The first-order chi connectivity index (χ1) is 17.4. The summed E-state index contributed by atoms with van der Waals surface area (Å²) in [6.45, 7) is 0. The number of rotatable bonds is 4. The second-order valence-corrected chi connectivity index (χ2v) is 9.35. The van der Waals surface area contributed by atoms with Gasteiger partial charge in [-0.25, -0.2) is 4.90 Å². The molecule has 0 aromatic heterocycles. The van der Waals surface area contributed by atoms with E-state index in [2.05, 4.69) is 0 Å². The van der Waals surface area contributed by atoms with Crippen LogP contribution in [0.4, 0.5) is 17.1 Å². The van der Waals surface area contributed by atoms with Gasteiger partial charge in [-0.3, -0.25) is 24.5 Å². The number of nitro benzene ring substituents is 1. The molecule has 4 atom stereocenters. The van der Waals surface area contributed by atoms with Gasteiger partial charge in [0.2, 0.25) is 11.8 Å². The van der Waals surface area contributed by atoms with Crippen LogP contribution in [0.25, 0.3) is 6.08 Å². The van der Waals surface area contributed by atoms with Crippen molar-refractivity contribution in [2.45, 2.75) is 12.1 Å². The van der Waals surface area contributed by atoms with E-state index in [1.807, 2.05) is 41.3 Å². The number of hydrogen-bond donors (Lipinski definition) is 0. The third-order valence-corrected chi connectivity index (χ3v) is 7.44. The molecule has 0 unspecified atom stereocenters. The highest BCUT2D eigenvalue weighted by Gasteiger charge is 2.64. The Bertz CT molecular complexity index is 1490. The van der Waals surface area contributed by atoms with Crippen molar-refractivity contribution >= 4 is 52.3 Å². The second kappa shape index (κ2) is 8.13. The number of fused-ring (bicyclic) bond motifs is 5. The normalized spacial score (nSPS) is 23.9. The zero-order valence-corrected chi connectivity index (χ0v) is 19.4. The van der Waals surface area contributed by atoms with E-state index in [4.69, 9.17) is 11.6 Å². The summed E-state index contributed by atoms with van der Waals surface area (Å²) in [6.07, 6.45) is 3.74. The molecule has 0 saturated carbocycles. The molecule has 0 radical (unpaired) electrons. The summed E-state index contributed by atoms with van der Waals surface area (Å²) in [5, 5.41) is 11.4. The molecule has 3 aromatic rings. The summed E-state index contributed by atoms with van der Waals surface area (Å²) in [5.74, 6) is -3.24. The lowest BCUT2D eigenvalue weighted by Gasteiger charge is -2.36. The van der Waals surface area contributed by atoms with Crippen molar-refractivity contribution in [3.05, 3.63) is 105 Å². The fourth-order valence-electron chi connectivity index (χ4n) is 5.61. The quantitative estimate of drug-likeness (QED) is 0.226. The highest BCUT2D eigenvalue weighted by Crippen LogP contribution is 2.50. The molecule has 2 fully saturated rings. The average molecular weight is 500 g/mol. The molecule has 8 nitrogen and oxygen atoms in total. The largest absolute Gasteiger partial charge is 0.352 e. The number of carbonyl (C=O) groups is 3. The number of anilines is 2. The maximum absolute atomic E-state index is 13.9. The van der Waals surface area contributed by atoms with Crippen molar-refractivity contribution in [2.24, 2.45) is 11.8 Å². The standard InChI is InChI=1S/C27H18ClN3O5/c28-18-12-11-17(31(35)36)14-21(18)30-26(33)22-20-13-10-15-6-4-5-9-19(15)29(20)24(23(22)27(30)34)25(32)16-7-2-1-3-8-16/h1-14,20,22-24H/t20-,22+,23+,24-/m0/s1. The SMILES string of the molecule is O=C(c1ccccc1)[C@@H]1[C@@H]2C(=O)N(c3cc([N+](=O)[O-])ccc3Cl)C(=O)[C@@H]2[C@@H]2C=Cc3ccccc3N12. The Kier molecular flexibility index (Phi) is 5.01. The van der Waals surface area contributed by atoms with Gasteiger partial charge in [-0.15, -0.1) is 0 Å². The second-order valence-electron chi connectivity index (χ2n) is 8.95. The number of ketones is 1. The Hall–Kier alpha value is -4.30. The van der Waals surface area contributed by atoms with Gasteiger partial charge in [0.15, 0.2) is 5.78 Å². The van der Waals surface area contributed by atoms with E-state index in [9.17, 15) is 24.5 Å². The fraction of sp³-hybridized carbons (Fsp3) is 0.148. The lowest BCUT2D eigenvalue weighted by atomic mass is 9.86. The Morgan fingerprint density at radius 3 is 2.33 bits per heavy atom. The van der Waals surface area contributed by atoms with E-state index in [1.165, 1.54) is 12.1 Å². The number of hydrogen-bond acceptors (Lipinski definition) is 6. The summed E-state index contributed by atoms with van der Waals surface area (Å²) < 4.78 is 0. The minimum atomic E-state index is -0.985. The van der Waals surface area contributed by atoms with Gasteiger partial charge in [0, 0.05) is 23.4 Å². The molecule has 2 saturated heterocycles. The fourth-order valence-corrected chi connectivity index (χ4v) is 5.81. The number of nitrogens with zero attached hydrogens (tertiary/aromatic N) is 3. The molecule has 0 aliphatic carbocycles. The Morgan fingerprint density at radius 2 is 1.58 bits per heavy atom. The summed E-state index contributed by atoms with van der Waals surface area (Å²) in [4.78, 5) is 55.1. The molecule has 3 aromatic carbocycles. The molecule has 3 aliphatic rings. The summed E-state index contributed by atoms with van der Waals surface area (Å²) in [5.41, 5.74) is 1.75. The van der Waals surface area contributed by atoms with E-state index >= 15 is 0 Å². The van der Waals surface area contributed by atoms with E-state index < -0.39 is 40.7 Å². The Balaban J connectivity index is 1.50. The molecule has 178 valence electrons. The van der Waals surface area contributed by atoms with Crippen LogP contribution in [0.5, 0.6) is 0 Å². The van der Waals surface area contributed by atoms with Crippen molar-refractivity contribution in [1.82, 2.24) is 0 Å². The van der Waals surface area contributed by atoms with Crippen LogP contribution in [0.2, 0.25) is 5.02 Å². The zero-order valence-electron chi connectivity index (χ0n) is 18.7. The van der Waals surface area contributed by atoms with E-state index in [-0.39, 0.29) is 22.2 Å². The van der Waals surface area contributed by atoms with E-state index in [0.717, 1.165) is 22.2 Å². The number of non-ortho nitro benzene ring substituents is 1. The maximum Gasteiger partial charge on any atom is 0.271 e. The van der Waals surface area contributed by atoms with Gasteiger partial charge in [0.1, 0.15) is 6.04 Å². The molecule has 0 bridgehead atoms. The van der Waals surface area contributed by atoms with Crippen molar-refractivity contribution in [3.63, 3.8) is 0 Å². The first kappa shape index (κ1) is 22.2.